The number of imide groups is 1. The van der Waals surface area contributed by atoms with Gasteiger partial charge in [0.25, 0.3) is 11.8 Å². The Morgan fingerprint density at radius 1 is 0.644 bits per heavy atom. The monoisotopic (exact) mass is 1050 g/mol. The highest BCUT2D eigenvalue weighted by atomic mass is 32.2. The Morgan fingerprint density at radius 2 is 1.23 bits per heavy atom. The van der Waals surface area contributed by atoms with Gasteiger partial charge in [-0.1, -0.05) is 36.4 Å². The molecule has 0 fully saturated rings. The predicted octanol–water partition coefficient (Wildman–Crippen LogP) is 9.15. The molecule has 0 bridgehead atoms. The third kappa shape index (κ3) is 13.9. The van der Waals surface area contributed by atoms with Gasteiger partial charge in [-0.25, -0.2) is 0 Å². The zero-order valence-electron chi connectivity index (χ0n) is 40.4. The van der Waals surface area contributed by atoms with Crippen LogP contribution in [0.2, 0.25) is 0 Å². The molecule has 1 aliphatic carbocycles. The molecule has 384 valence electrons. The number of aromatic nitrogens is 3. The van der Waals surface area contributed by atoms with Crippen molar-refractivity contribution in [1.29, 1.82) is 0 Å². The number of ether oxygens (including phenoxy) is 2. The molecule has 0 spiro atoms. The quantitative estimate of drug-likeness (QED) is 0.0106. The number of para-hydroxylation sites is 1. The number of nitrogens with zero attached hydrogens (tertiary/aromatic N) is 4. The Labute approximate surface area is 434 Å². The number of ketones is 2. The molecule has 23 heteroatoms. The lowest BCUT2D eigenvalue weighted by atomic mass is 9.82. The summed E-state index contributed by atoms with van der Waals surface area (Å²) >= 11 is 1.37. The summed E-state index contributed by atoms with van der Waals surface area (Å²) in [6.07, 6.45) is 4.80. The van der Waals surface area contributed by atoms with Crippen molar-refractivity contribution >= 4 is 112 Å². The molecule has 4 aromatic carbocycles. The van der Waals surface area contributed by atoms with Crippen LogP contribution in [0, 0.1) is 0 Å². The van der Waals surface area contributed by atoms with E-state index in [4.69, 9.17) is 15.2 Å². The minimum absolute atomic E-state index is 0.0115. The van der Waals surface area contributed by atoms with Crippen LogP contribution in [0.5, 0.6) is 0 Å². The average molecular weight is 1050 g/mol. The second-order valence-corrected chi connectivity index (χ2v) is 19.9. The number of hydrogen-bond acceptors (Lipinski definition) is 21. The van der Waals surface area contributed by atoms with Gasteiger partial charge in [0.1, 0.15) is 0 Å². The van der Waals surface area contributed by atoms with Crippen LogP contribution in [-0.4, -0.2) is 107 Å². The molecule has 10 N–H and O–H groups in total. The number of hydrogen-bond donors (Lipinski definition) is 9. The normalized spacial score (nSPS) is 13.3. The van der Waals surface area contributed by atoms with Gasteiger partial charge in [0.15, 0.2) is 11.6 Å². The van der Waals surface area contributed by atoms with Crippen LogP contribution < -0.4 is 32.3 Å². The van der Waals surface area contributed by atoms with E-state index in [-0.39, 0.29) is 87.1 Å². The molecule has 0 saturated carbocycles. The fourth-order valence-corrected chi connectivity index (χ4v) is 8.96. The summed E-state index contributed by atoms with van der Waals surface area (Å²) in [5.41, 5.74) is 7.41. The first-order chi connectivity index (χ1) is 35.0. The minimum atomic E-state index is -0.513. The number of rotatable bonds is 26. The second-order valence-electron chi connectivity index (χ2n) is 18.1. The molecule has 0 radical (unpaired) electrons. The van der Waals surface area contributed by atoms with Gasteiger partial charge < -0.3 is 55.4 Å². The molecule has 5 aromatic rings. The zero-order valence-corrected chi connectivity index (χ0v) is 42.9. The molecule has 3 amide bonds. The number of carbonyl (C=O) groups is 5. The lowest BCUT2D eigenvalue weighted by Gasteiger charge is -2.30. The van der Waals surface area contributed by atoms with E-state index >= 15 is 0 Å². The molecule has 73 heavy (non-hydrogen) atoms. The maximum Gasteiger partial charge on any atom is 0.253 e. The number of amides is 3. The van der Waals surface area contributed by atoms with E-state index in [0.717, 1.165) is 4.90 Å². The van der Waals surface area contributed by atoms with Crippen molar-refractivity contribution in [2.24, 2.45) is 0 Å². The summed E-state index contributed by atoms with van der Waals surface area (Å²) in [6, 6.07) is 20.0. The summed E-state index contributed by atoms with van der Waals surface area (Å²) in [4.78, 5) is 79.2. The topological polar surface area (TPSA) is 293 Å². The highest BCUT2D eigenvalue weighted by Gasteiger charge is 2.35. The maximum atomic E-state index is 13.8. The number of fused-ring (bicyclic) bond motifs is 2. The molecule has 1 aliphatic heterocycles. The molecule has 1 aromatic heterocycles. The van der Waals surface area contributed by atoms with Crippen molar-refractivity contribution in [2.75, 3.05) is 59.8 Å². The number of carbonyl (C=O) groups excluding carboxylic acids is 5. The predicted molar refractivity (Wildman–Crippen MR) is 283 cm³/mol. The van der Waals surface area contributed by atoms with E-state index in [1.165, 1.54) is 18.2 Å². The number of anilines is 8. The fourth-order valence-electron chi connectivity index (χ4n) is 7.84. The maximum absolute atomic E-state index is 13.8. The first-order valence-corrected chi connectivity index (χ1v) is 25.5. The lowest BCUT2D eigenvalue weighted by Crippen LogP contribution is -2.35. The van der Waals surface area contributed by atoms with Crippen LogP contribution >= 0.6 is 36.1 Å². The first-order valence-electron chi connectivity index (χ1n) is 23.2. The van der Waals surface area contributed by atoms with Crippen LogP contribution in [0.4, 0.5) is 46.3 Å². The molecular weight excluding hydrogens is 997 g/mol. The van der Waals surface area contributed by atoms with E-state index < -0.39 is 22.8 Å². The van der Waals surface area contributed by atoms with Gasteiger partial charge in [-0.15, -0.1) is 0 Å². The third-order valence-electron chi connectivity index (χ3n) is 11.8. The number of benzene rings is 4. The first kappa shape index (κ1) is 54.2. The Bertz CT molecular complexity index is 2900. The summed E-state index contributed by atoms with van der Waals surface area (Å²) < 4.78 is 42.9. The van der Waals surface area contributed by atoms with E-state index in [0.29, 0.717) is 115 Å². The van der Waals surface area contributed by atoms with Crippen LogP contribution in [0.25, 0.3) is 0 Å². The van der Waals surface area contributed by atoms with Crippen molar-refractivity contribution in [3.63, 3.8) is 0 Å². The SMILES string of the molecule is CC(C)(CCNC(=O)CCCN1C(=O)C=CC1=O)OCCC(C)(C)OCCCNc1nc(Nc2ccccc2SO)nc(Nc2ccc(Nc3cc(SO)c(N)c4c3C(=O)c3ccccc3C4=O)cc2SO)n1. The van der Waals surface area contributed by atoms with Crippen molar-refractivity contribution < 1.29 is 47.1 Å². The molecule has 0 atom stereocenters. The second kappa shape index (κ2) is 24.4. The van der Waals surface area contributed by atoms with Crippen molar-refractivity contribution in [2.45, 2.75) is 85.7 Å². The van der Waals surface area contributed by atoms with Crippen molar-refractivity contribution in [1.82, 2.24) is 25.2 Å². The number of nitrogen functional groups attached to an aromatic ring is 1. The van der Waals surface area contributed by atoms with Crippen molar-refractivity contribution in [3.8, 4) is 0 Å². The molecule has 0 saturated heterocycles. The Hall–Kier alpha value is -6.57. The Kier molecular flexibility index (Phi) is 18.1. The minimum Gasteiger partial charge on any atom is -0.397 e. The molecule has 20 nitrogen and oxygen atoms in total. The van der Waals surface area contributed by atoms with E-state index in [2.05, 4.69) is 41.5 Å². The third-order valence-corrected chi connectivity index (χ3v) is 13.4. The van der Waals surface area contributed by atoms with E-state index in [1.807, 2.05) is 27.7 Å². The molecular formula is C50H56N10O10S3. The largest absolute Gasteiger partial charge is 0.397 e. The van der Waals surface area contributed by atoms with E-state index in [1.54, 1.807) is 66.7 Å². The van der Waals surface area contributed by atoms with Gasteiger partial charge >= 0.3 is 0 Å². The average Bonchev–Trinajstić information content (AvgIpc) is 3.68. The lowest BCUT2D eigenvalue weighted by molar-refractivity contribution is -0.137. The Balaban J connectivity index is 0.947. The van der Waals surface area contributed by atoms with Gasteiger partial charge in [-0.2, -0.15) is 15.0 Å². The smallest absolute Gasteiger partial charge is 0.253 e. The standard InChI is InChI=1S/C50H56N10O10S3/c1-49(2,20-23-52-38(61)15-9-24-60-39(62)18-19-40(60)63)70-26-21-50(3,4)69-25-10-22-53-46-57-47(55-32-13-7-8-14-35(32)71-66)59-48(58-46)56-33-17-16-29(27-36(33)72-67)54-34-28-37(73-68)43(51)42-41(34)44(64)30-11-5-6-12-31(30)45(42)65/h5-8,11-14,16-19,27-28,54,66-68H,9-10,15,20-26,51H2,1-4H3,(H,52,61)(H3,53,55,56,57,58,59). The summed E-state index contributed by atoms with van der Waals surface area (Å²) in [7, 11) is 0. The van der Waals surface area contributed by atoms with Crippen LogP contribution in [0.3, 0.4) is 0 Å². The fraction of sp³-hybridized carbons (Fsp3) is 0.320. The zero-order chi connectivity index (χ0) is 52.3. The number of nitrogens with one attached hydrogen (secondary N) is 5. The molecule has 2 heterocycles. The Morgan fingerprint density at radius 3 is 1.90 bits per heavy atom. The van der Waals surface area contributed by atoms with E-state index in [9.17, 15) is 37.6 Å². The van der Waals surface area contributed by atoms with Crippen LogP contribution in [-0.2, 0) is 23.9 Å². The molecule has 7 rings (SSSR count). The van der Waals surface area contributed by atoms with Gasteiger partial charge in [0, 0.05) is 97.8 Å². The summed E-state index contributed by atoms with van der Waals surface area (Å²) in [5, 5.41) is 15.6. The molecule has 2 aliphatic rings. The van der Waals surface area contributed by atoms with Crippen LogP contribution in [0.15, 0.2) is 99.6 Å². The molecule has 0 unspecified atom stereocenters. The highest BCUT2D eigenvalue weighted by molar-refractivity contribution is 7.94. The van der Waals surface area contributed by atoms with Gasteiger partial charge in [0.2, 0.25) is 23.8 Å². The number of nitrogens with two attached hydrogens (primary N) is 1. The summed E-state index contributed by atoms with van der Waals surface area (Å²) in [5.74, 6) is -1.26. The van der Waals surface area contributed by atoms with Gasteiger partial charge in [0.05, 0.1) is 66.4 Å². The summed E-state index contributed by atoms with van der Waals surface area (Å²) in [6.45, 7) is 9.76. The highest BCUT2D eigenvalue weighted by Crippen LogP contribution is 2.42. The van der Waals surface area contributed by atoms with Crippen LogP contribution in [0.1, 0.15) is 91.6 Å². The van der Waals surface area contributed by atoms with Gasteiger partial charge in [-0.3, -0.25) is 28.9 Å². The van der Waals surface area contributed by atoms with Gasteiger partial charge in [-0.05, 0) is 89.8 Å². The van der Waals surface area contributed by atoms with Crippen molar-refractivity contribution in [3.05, 3.63) is 107 Å².